The summed E-state index contributed by atoms with van der Waals surface area (Å²) in [5, 5.41) is 4.47. The first-order chi connectivity index (χ1) is 16.1. The van der Waals surface area contributed by atoms with Crippen molar-refractivity contribution in [2.45, 2.75) is 44.4 Å². The van der Waals surface area contributed by atoms with Crippen molar-refractivity contribution in [2.24, 2.45) is 0 Å². The lowest BCUT2D eigenvalue weighted by atomic mass is 9.97. The van der Waals surface area contributed by atoms with Crippen LogP contribution in [0.15, 0.2) is 36.4 Å². The average molecular weight is 517 g/mol. The Morgan fingerprint density at radius 1 is 0.771 bits per heavy atom. The van der Waals surface area contributed by atoms with E-state index in [4.69, 9.17) is 0 Å². The summed E-state index contributed by atoms with van der Waals surface area (Å²) in [5.74, 6) is -4.19. The number of alkyl halides is 9. The highest BCUT2D eigenvalue weighted by atomic mass is 19.4. The van der Waals surface area contributed by atoms with Gasteiger partial charge in [-0.25, -0.2) is 5.32 Å². The first kappa shape index (κ1) is 26.6. The van der Waals surface area contributed by atoms with Gasteiger partial charge in [0.25, 0.3) is 0 Å². The summed E-state index contributed by atoms with van der Waals surface area (Å²) >= 11 is 0. The molecule has 1 heterocycles. The lowest BCUT2D eigenvalue weighted by Gasteiger charge is -2.27. The van der Waals surface area contributed by atoms with Crippen LogP contribution in [0.25, 0.3) is 0 Å². The Bertz CT molecular complexity index is 962. The highest BCUT2D eigenvalue weighted by molar-refractivity contribution is 5.76. The second kappa shape index (κ2) is 9.91. The van der Waals surface area contributed by atoms with E-state index in [2.05, 4.69) is 19.5 Å². The van der Waals surface area contributed by atoms with Crippen molar-refractivity contribution in [3.63, 3.8) is 0 Å². The van der Waals surface area contributed by atoms with Gasteiger partial charge in [0.1, 0.15) is 11.4 Å². The predicted octanol–water partition coefficient (Wildman–Crippen LogP) is 6.98. The largest absolute Gasteiger partial charge is 0.573 e. The van der Waals surface area contributed by atoms with Crippen LogP contribution >= 0.6 is 0 Å². The van der Waals surface area contributed by atoms with Crippen LogP contribution in [0.1, 0.15) is 30.9 Å². The molecule has 0 bridgehead atoms. The third-order valence-electron chi connectivity index (χ3n) is 4.93. The van der Waals surface area contributed by atoms with Gasteiger partial charge in [0, 0.05) is 37.5 Å². The van der Waals surface area contributed by atoms with E-state index in [1.807, 2.05) is 0 Å². The van der Waals surface area contributed by atoms with Crippen LogP contribution in [0.2, 0.25) is 0 Å². The molecule has 3 rings (SSSR count). The molecule has 14 heteroatoms. The van der Waals surface area contributed by atoms with Crippen LogP contribution in [0.3, 0.4) is 0 Å². The molecule has 0 saturated carbocycles. The second-order valence-corrected chi connectivity index (χ2v) is 7.48. The van der Waals surface area contributed by atoms with Gasteiger partial charge in [-0.1, -0.05) is 18.6 Å². The fraction of sp³-hybridized carbons (Fsp3) is 0.429. The van der Waals surface area contributed by atoms with Crippen molar-refractivity contribution in [2.75, 3.05) is 18.5 Å². The molecule has 1 fully saturated rings. The average Bonchev–Trinajstić information content (AvgIpc) is 2.70. The Labute approximate surface area is 193 Å². The number of benzene rings is 2. The van der Waals surface area contributed by atoms with Crippen molar-refractivity contribution in [1.29, 1.82) is 0 Å². The molecular weight excluding hydrogens is 499 g/mol. The minimum Gasteiger partial charge on any atom is -0.406 e. The van der Waals surface area contributed by atoms with Crippen LogP contribution in [-0.2, 0) is 0 Å². The number of ether oxygens (including phenoxy) is 3. The number of rotatable bonds is 6. The highest BCUT2D eigenvalue weighted by Crippen LogP contribution is 2.48. The Morgan fingerprint density at radius 2 is 1.29 bits per heavy atom. The second-order valence-electron chi connectivity index (χ2n) is 7.48. The molecule has 0 aliphatic carbocycles. The Balaban J connectivity index is 2.07. The topological polar surface area (TPSA) is 45.0 Å². The molecular formula is C21H18F9N2O3. The quantitative estimate of drug-likeness (QED) is 0.388. The van der Waals surface area contributed by atoms with Crippen LogP contribution < -0.4 is 24.4 Å². The number of anilines is 2. The maximum absolute atomic E-state index is 13.0. The standard InChI is InChI=1S/C21H18F9N2O3/c1-32(13-7-5-12(6-8-13)15-4-2-3-9-31-15)18-16(34-20(25,26)27)10-14(33-19(22,23)24)11-17(18)35-21(28,29)30/h5-8,10-11,15H,2-4,9H2,1H3. The number of hydrogen-bond donors (Lipinski definition) is 0. The molecule has 2 aromatic carbocycles. The zero-order chi connectivity index (χ0) is 26.0. The van der Waals surface area contributed by atoms with Crippen LogP contribution in [-0.4, -0.2) is 32.7 Å². The summed E-state index contributed by atoms with van der Waals surface area (Å²) in [7, 11) is 1.10. The van der Waals surface area contributed by atoms with Gasteiger partial charge in [0.15, 0.2) is 11.5 Å². The van der Waals surface area contributed by atoms with Crippen LogP contribution in [0, 0.1) is 0 Å². The molecule has 1 aliphatic heterocycles. The molecule has 193 valence electrons. The number of piperidine rings is 1. The monoisotopic (exact) mass is 517 g/mol. The van der Waals surface area contributed by atoms with E-state index in [-0.39, 0.29) is 23.9 Å². The lowest BCUT2D eigenvalue weighted by Crippen LogP contribution is -2.24. The molecule has 0 N–H and O–H groups in total. The maximum atomic E-state index is 13.0. The molecule has 5 nitrogen and oxygen atoms in total. The molecule has 0 spiro atoms. The molecule has 1 radical (unpaired) electrons. The highest BCUT2D eigenvalue weighted by Gasteiger charge is 2.39. The smallest absolute Gasteiger partial charge is 0.406 e. The molecule has 1 saturated heterocycles. The molecule has 0 amide bonds. The maximum Gasteiger partial charge on any atom is 0.573 e. The van der Waals surface area contributed by atoms with Crippen molar-refractivity contribution in [3.05, 3.63) is 42.0 Å². The van der Waals surface area contributed by atoms with Crippen molar-refractivity contribution in [3.8, 4) is 17.2 Å². The van der Waals surface area contributed by atoms with Crippen LogP contribution in [0.4, 0.5) is 50.9 Å². The number of hydrogen-bond acceptors (Lipinski definition) is 4. The number of halogens is 9. The van der Waals surface area contributed by atoms with Crippen molar-refractivity contribution in [1.82, 2.24) is 5.32 Å². The third kappa shape index (κ3) is 7.73. The predicted molar refractivity (Wildman–Crippen MR) is 105 cm³/mol. The molecule has 1 atom stereocenters. The van der Waals surface area contributed by atoms with Gasteiger partial charge in [-0.2, -0.15) is 0 Å². The molecule has 2 aromatic rings. The summed E-state index contributed by atoms with van der Waals surface area (Å²) in [4.78, 5) is 0.862. The van der Waals surface area contributed by atoms with E-state index in [9.17, 15) is 39.5 Å². The minimum atomic E-state index is -5.45. The van der Waals surface area contributed by atoms with Gasteiger partial charge >= 0.3 is 19.1 Å². The minimum absolute atomic E-state index is 0.0878. The molecule has 0 aromatic heterocycles. The van der Waals surface area contributed by atoms with E-state index in [1.54, 1.807) is 12.1 Å². The van der Waals surface area contributed by atoms with E-state index in [0.717, 1.165) is 36.8 Å². The van der Waals surface area contributed by atoms with Gasteiger partial charge in [-0.3, -0.25) is 0 Å². The lowest BCUT2D eigenvalue weighted by molar-refractivity contribution is -0.278. The molecule has 1 unspecified atom stereocenters. The van der Waals surface area contributed by atoms with E-state index in [1.165, 1.54) is 12.1 Å². The Kier molecular flexibility index (Phi) is 7.53. The Morgan fingerprint density at radius 3 is 1.71 bits per heavy atom. The van der Waals surface area contributed by atoms with Crippen molar-refractivity contribution < 1.29 is 53.7 Å². The first-order valence-corrected chi connectivity index (χ1v) is 10.1. The fourth-order valence-electron chi connectivity index (χ4n) is 3.60. The molecule has 1 aliphatic rings. The summed E-state index contributed by atoms with van der Waals surface area (Å²) in [6.45, 7) is 0.676. The van der Waals surface area contributed by atoms with Crippen LogP contribution in [0.5, 0.6) is 17.2 Å². The molecule has 35 heavy (non-hydrogen) atoms. The van der Waals surface area contributed by atoms with E-state index < -0.39 is 42.0 Å². The third-order valence-corrected chi connectivity index (χ3v) is 4.93. The summed E-state index contributed by atoms with van der Waals surface area (Å²) in [6.07, 6.45) is -13.6. The van der Waals surface area contributed by atoms with Gasteiger partial charge in [-0.15, -0.1) is 39.5 Å². The van der Waals surface area contributed by atoms with Crippen molar-refractivity contribution >= 4 is 11.4 Å². The first-order valence-electron chi connectivity index (χ1n) is 10.1. The summed E-state index contributed by atoms with van der Waals surface area (Å²) in [5.41, 5.74) is -0.0216. The number of nitrogens with zero attached hydrogens (tertiary/aromatic N) is 2. The SMILES string of the molecule is CN(c1ccc(C2CCCC[N]2)cc1)c1c(OC(F)(F)F)cc(OC(F)(F)F)cc1OC(F)(F)F. The van der Waals surface area contributed by atoms with E-state index >= 15 is 0 Å². The fourth-order valence-corrected chi connectivity index (χ4v) is 3.60. The zero-order valence-corrected chi connectivity index (χ0v) is 17.9. The van der Waals surface area contributed by atoms with Gasteiger partial charge in [0.05, 0.1) is 0 Å². The van der Waals surface area contributed by atoms with Gasteiger partial charge in [-0.05, 0) is 30.5 Å². The summed E-state index contributed by atoms with van der Waals surface area (Å²) < 4.78 is 127. The zero-order valence-electron chi connectivity index (χ0n) is 17.9. The Hall–Kier alpha value is -3.03. The van der Waals surface area contributed by atoms with Gasteiger partial charge in [0.2, 0.25) is 0 Å². The normalized spacial score (nSPS) is 17.1. The summed E-state index contributed by atoms with van der Waals surface area (Å²) in [6, 6.07) is 6.33. The van der Waals surface area contributed by atoms with Gasteiger partial charge < -0.3 is 19.1 Å². The van der Waals surface area contributed by atoms with E-state index in [0.29, 0.717) is 6.54 Å².